The highest BCUT2D eigenvalue weighted by atomic mass is 32.1. The molecule has 0 fully saturated rings. The van der Waals surface area contributed by atoms with Crippen LogP contribution >= 0.6 is 11.3 Å². The maximum atomic E-state index is 9.67. The highest BCUT2D eigenvalue weighted by Gasteiger charge is 2.20. The van der Waals surface area contributed by atoms with Crippen LogP contribution in [0.1, 0.15) is 28.8 Å². The molecule has 0 radical (unpaired) electrons. The van der Waals surface area contributed by atoms with Gasteiger partial charge in [-0.25, -0.2) is 15.0 Å². The molecule has 0 amide bonds. The molecule has 0 saturated heterocycles. The van der Waals surface area contributed by atoms with Crippen LogP contribution in [0.5, 0.6) is 0 Å². The van der Waals surface area contributed by atoms with E-state index >= 15 is 0 Å². The van der Waals surface area contributed by atoms with E-state index in [1.165, 1.54) is 28.8 Å². The topological polar surface area (TPSA) is 43.6 Å². The summed E-state index contributed by atoms with van der Waals surface area (Å²) in [6.45, 7) is 0. The van der Waals surface area contributed by atoms with Gasteiger partial charge in [0, 0.05) is 47.6 Å². The van der Waals surface area contributed by atoms with E-state index in [0.29, 0.717) is 20.5 Å². The zero-order valence-corrected chi connectivity index (χ0v) is 32.7. The first-order chi connectivity index (χ1) is 39.4. The Morgan fingerprint density at radius 2 is 1.00 bits per heavy atom. The summed E-state index contributed by atoms with van der Waals surface area (Å²) in [5.41, 5.74) is 0.493. The first kappa shape index (κ1) is 20.5. The zero-order chi connectivity index (χ0) is 59.3. The zero-order valence-electron chi connectivity index (χ0n) is 52.9. The van der Waals surface area contributed by atoms with E-state index in [-0.39, 0.29) is 156 Å². The summed E-state index contributed by atoms with van der Waals surface area (Å²) < 4.78 is 189. The van der Waals surface area contributed by atoms with E-state index in [2.05, 4.69) is 0 Å². The monoisotopic (exact) mass is 829 g/mol. The molecule has 290 valence electrons. The third kappa shape index (κ3) is 6.09. The lowest BCUT2D eigenvalue weighted by Crippen LogP contribution is -2.03. The van der Waals surface area contributed by atoms with Gasteiger partial charge in [0.1, 0.15) is 0 Å². The number of thiophene rings is 1. The standard InChI is InChI=1S/C57H36N4S/c1-4-17-37(18-5-1)40-33-34-52-49(36-40)45-25-10-12-31-50(45)61(52)51-32-13-11-26-48(51)57-59-55(39-21-8-3-9-22-39)58-56(60-57)42-24-14-23-41(35-42)44-28-16-30-47-46-29-15-27-43(53(46)62-54(44)47)38-19-6-2-7-20-38/h1-36H/i1D,2D,3D,8D,9D,10D,15D,16D,17D,18D,19D,20D,21D,22D,25D,29D,30D,31D,33D,34D,36D. The highest BCUT2D eigenvalue weighted by molar-refractivity contribution is 7.26. The average Bonchev–Trinajstić information content (AvgIpc) is 2.25. The normalized spacial score (nSPS) is 16.3. The third-order valence-corrected chi connectivity index (χ3v) is 11.6. The number of hydrogen-bond donors (Lipinski definition) is 0. The molecular weight excluding hydrogens is 773 g/mol. The maximum Gasteiger partial charge on any atom is 0.166 e. The molecule has 0 aliphatic carbocycles. The van der Waals surface area contributed by atoms with Gasteiger partial charge in [0.05, 0.1) is 45.5 Å². The van der Waals surface area contributed by atoms with Gasteiger partial charge in [0.25, 0.3) is 0 Å². The number of nitrogens with zero attached hydrogens (tertiary/aromatic N) is 4. The van der Waals surface area contributed by atoms with Crippen LogP contribution in [-0.4, -0.2) is 19.5 Å². The van der Waals surface area contributed by atoms with Crippen LogP contribution in [0.3, 0.4) is 0 Å². The van der Waals surface area contributed by atoms with Gasteiger partial charge in [-0.15, -0.1) is 11.3 Å². The van der Waals surface area contributed by atoms with E-state index in [1.54, 1.807) is 48.5 Å². The molecule has 12 aromatic rings. The quantitative estimate of drug-likeness (QED) is 0.161. The number of para-hydroxylation sites is 2. The number of benzene rings is 9. The van der Waals surface area contributed by atoms with Crippen LogP contribution in [0.4, 0.5) is 0 Å². The van der Waals surface area contributed by atoms with Gasteiger partial charge < -0.3 is 4.57 Å². The summed E-state index contributed by atoms with van der Waals surface area (Å²) in [5, 5.41) is 0.0711. The van der Waals surface area contributed by atoms with Crippen molar-refractivity contribution in [3.8, 4) is 73.2 Å². The number of rotatable bonds is 7. The molecule has 62 heavy (non-hydrogen) atoms. The Kier molecular flexibility index (Phi) is 4.94. The predicted molar refractivity (Wildman–Crippen MR) is 260 cm³/mol. The fourth-order valence-electron chi connectivity index (χ4n) is 7.57. The minimum Gasteiger partial charge on any atom is -0.309 e. The van der Waals surface area contributed by atoms with Gasteiger partial charge in [-0.2, -0.15) is 0 Å². The van der Waals surface area contributed by atoms with Crippen LogP contribution in [0.2, 0.25) is 0 Å². The molecule has 3 aromatic heterocycles. The summed E-state index contributed by atoms with van der Waals surface area (Å²) in [6.07, 6.45) is 0. The van der Waals surface area contributed by atoms with Crippen LogP contribution in [-0.2, 0) is 0 Å². The first-order valence-electron chi connectivity index (χ1n) is 29.6. The molecule has 0 aliphatic heterocycles. The van der Waals surface area contributed by atoms with Crippen molar-refractivity contribution in [1.82, 2.24) is 19.5 Å². The summed E-state index contributed by atoms with van der Waals surface area (Å²) in [5.74, 6) is -0.705. The second-order valence-electron chi connectivity index (χ2n) is 13.9. The van der Waals surface area contributed by atoms with Crippen LogP contribution in [0, 0.1) is 0 Å². The van der Waals surface area contributed by atoms with Crippen molar-refractivity contribution in [1.29, 1.82) is 0 Å². The van der Waals surface area contributed by atoms with Gasteiger partial charge in [-0.3, -0.25) is 0 Å². The lowest BCUT2D eigenvalue weighted by molar-refractivity contribution is 1.06. The lowest BCUT2D eigenvalue weighted by atomic mass is 9.99. The molecule has 0 saturated carbocycles. The maximum absolute atomic E-state index is 9.67. The van der Waals surface area contributed by atoms with Crippen molar-refractivity contribution in [2.45, 2.75) is 0 Å². The summed E-state index contributed by atoms with van der Waals surface area (Å²) in [4.78, 5) is 14.5. The smallest absolute Gasteiger partial charge is 0.166 e. The van der Waals surface area contributed by atoms with E-state index < -0.39 is 66.0 Å². The van der Waals surface area contributed by atoms with Crippen molar-refractivity contribution >= 4 is 53.3 Å². The molecule has 9 aromatic carbocycles. The third-order valence-electron chi connectivity index (χ3n) is 10.3. The fraction of sp³-hybridized carbons (Fsp3) is 0. The SMILES string of the molecule is [2H]c1cc([2H])c(-c2c([2H])c([2H])c3c(c2[2H])c2c([2H])c([2H])cc([2H])c2n3-c2ccccc2-c2nc(-c3cccc(-c4cc([2H])c([2H])c5c4sc4c(-c6c([2H])cc([2H])cc6[2H])cc([2H])c([2H])c45)c3)nc(-c3c([2H])c([2H])c([2H])c([2H])c3[2H])n2)c([2H])c1. The summed E-state index contributed by atoms with van der Waals surface area (Å²) in [6, 6.07) is 13.4. The largest absolute Gasteiger partial charge is 0.309 e. The Morgan fingerprint density at radius 1 is 0.371 bits per heavy atom. The Morgan fingerprint density at radius 3 is 1.77 bits per heavy atom. The van der Waals surface area contributed by atoms with Gasteiger partial charge in [0.2, 0.25) is 0 Å². The number of fused-ring (bicyclic) bond motifs is 6. The first-order valence-corrected chi connectivity index (χ1v) is 19.9. The molecule has 3 heterocycles. The number of hydrogen-bond acceptors (Lipinski definition) is 4. The Bertz CT molecular complexity index is 4830. The van der Waals surface area contributed by atoms with Gasteiger partial charge >= 0.3 is 0 Å². The van der Waals surface area contributed by atoms with E-state index in [4.69, 9.17) is 36.9 Å². The van der Waals surface area contributed by atoms with Crippen molar-refractivity contribution in [3.63, 3.8) is 0 Å². The lowest BCUT2D eigenvalue weighted by Gasteiger charge is -2.15. The minimum atomic E-state index is -0.690. The molecular formula is C57H36N4S. The highest BCUT2D eigenvalue weighted by Crippen LogP contribution is 2.44. The average molecular weight is 830 g/mol. The van der Waals surface area contributed by atoms with E-state index in [1.807, 2.05) is 0 Å². The number of aromatic nitrogens is 4. The van der Waals surface area contributed by atoms with Gasteiger partial charge in [-0.05, 0) is 69.7 Å². The molecule has 4 nitrogen and oxygen atoms in total. The predicted octanol–water partition coefficient (Wildman–Crippen LogP) is 15.3. The van der Waals surface area contributed by atoms with Crippen LogP contribution < -0.4 is 0 Å². The van der Waals surface area contributed by atoms with E-state index in [0.717, 1.165) is 29.5 Å². The minimum absolute atomic E-state index is 0.0604. The second kappa shape index (κ2) is 14.9. The van der Waals surface area contributed by atoms with Crippen molar-refractivity contribution in [2.75, 3.05) is 0 Å². The summed E-state index contributed by atoms with van der Waals surface area (Å²) >= 11 is 1.14. The molecule has 12 rings (SSSR count). The summed E-state index contributed by atoms with van der Waals surface area (Å²) in [7, 11) is 0. The molecule has 0 N–H and O–H groups in total. The van der Waals surface area contributed by atoms with Crippen molar-refractivity contribution in [2.24, 2.45) is 0 Å². The van der Waals surface area contributed by atoms with Gasteiger partial charge in [-0.1, -0.05) is 182 Å². The molecule has 0 bridgehead atoms. The molecule has 0 spiro atoms. The molecule has 5 heteroatoms. The van der Waals surface area contributed by atoms with Crippen molar-refractivity contribution in [3.05, 3.63) is 218 Å². The molecule has 0 atom stereocenters. The Balaban J connectivity index is 1.13. The Hall–Kier alpha value is -7.99. The van der Waals surface area contributed by atoms with Crippen LogP contribution in [0.15, 0.2) is 218 Å². The van der Waals surface area contributed by atoms with Crippen molar-refractivity contribution < 1.29 is 28.8 Å². The van der Waals surface area contributed by atoms with Crippen LogP contribution in [0.25, 0.3) is 115 Å². The Labute approximate surface area is 392 Å². The van der Waals surface area contributed by atoms with E-state index in [9.17, 15) is 6.85 Å². The molecule has 0 unspecified atom stereocenters. The van der Waals surface area contributed by atoms with Gasteiger partial charge in [0.15, 0.2) is 17.5 Å². The second-order valence-corrected chi connectivity index (χ2v) is 14.9. The molecule has 0 aliphatic rings. The fourth-order valence-corrected chi connectivity index (χ4v) is 8.84.